The van der Waals surface area contributed by atoms with Gasteiger partial charge < -0.3 is 14.6 Å². The predicted molar refractivity (Wildman–Crippen MR) is 85.2 cm³/mol. The Labute approximate surface area is 138 Å². The molecule has 6 heteroatoms. The maximum absolute atomic E-state index is 11.4. The number of carboxylic acid groups (broad SMARTS) is 1. The molecule has 2 aromatic carbocycles. The zero-order valence-electron chi connectivity index (χ0n) is 11.8. The van der Waals surface area contributed by atoms with Gasteiger partial charge in [0.25, 0.3) is 0 Å². The second kappa shape index (κ2) is 7.38. The Morgan fingerprint density at radius 2 is 1.73 bits per heavy atom. The van der Waals surface area contributed by atoms with Gasteiger partial charge in [0.15, 0.2) is 17.6 Å². The standard InChI is InChI=1S/C16H14Cl2O4/c1-21-13-4-2-3-5-14(13)22-15(16(19)20)8-10-6-11(17)9-12(18)7-10/h2-7,9,15H,8H2,1H3,(H,19,20)/t15-/m1/s1. The minimum absolute atomic E-state index is 0.133. The van der Waals surface area contributed by atoms with E-state index < -0.39 is 12.1 Å². The molecule has 0 bridgehead atoms. The normalized spacial score (nSPS) is 11.8. The number of carbonyl (C=O) groups is 1. The number of hydrogen-bond acceptors (Lipinski definition) is 3. The molecule has 0 saturated carbocycles. The van der Waals surface area contributed by atoms with Crippen LogP contribution in [-0.2, 0) is 11.2 Å². The van der Waals surface area contributed by atoms with Crippen molar-refractivity contribution in [3.8, 4) is 11.5 Å². The summed E-state index contributed by atoms with van der Waals surface area (Å²) in [5.74, 6) is -0.245. The second-order valence-corrected chi connectivity index (χ2v) is 5.45. The van der Waals surface area contributed by atoms with Crippen LogP contribution in [0.1, 0.15) is 5.56 Å². The third-order valence-corrected chi connectivity index (χ3v) is 3.39. The molecule has 1 N–H and O–H groups in total. The number of rotatable bonds is 6. The van der Waals surface area contributed by atoms with E-state index >= 15 is 0 Å². The monoisotopic (exact) mass is 340 g/mol. The summed E-state index contributed by atoms with van der Waals surface area (Å²) in [6, 6.07) is 11.8. The first-order valence-corrected chi connectivity index (χ1v) is 7.22. The average Bonchev–Trinajstić information content (AvgIpc) is 2.46. The highest BCUT2D eigenvalue weighted by molar-refractivity contribution is 6.34. The quantitative estimate of drug-likeness (QED) is 0.860. The van der Waals surface area contributed by atoms with Crippen molar-refractivity contribution < 1.29 is 19.4 Å². The van der Waals surface area contributed by atoms with Crippen LogP contribution in [0.3, 0.4) is 0 Å². The van der Waals surface area contributed by atoms with Crippen LogP contribution in [0.4, 0.5) is 0 Å². The fourth-order valence-electron chi connectivity index (χ4n) is 1.99. The smallest absolute Gasteiger partial charge is 0.345 e. The number of aliphatic carboxylic acids is 1. The molecule has 2 rings (SSSR count). The summed E-state index contributed by atoms with van der Waals surface area (Å²) >= 11 is 11.9. The molecule has 0 saturated heterocycles. The van der Waals surface area contributed by atoms with E-state index in [1.807, 2.05) is 0 Å². The summed E-state index contributed by atoms with van der Waals surface area (Å²) in [5, 5.41) is 10.3. The molecule has 0 amide bonds. The summed E-state index contributed by atoms with van der Waals surface area (Å²) in [5.41, 5.74) is 0.680. The summed E-state index contributed by atoms with van der Waals surface area (Å²) in [6.45, 7) is 0. The molecule has 0 fully saturated rings. The van der Waals surface area contributed by atoms with Gasteiger partial charge in [-0.1, -0.05) is 35.3 Å². The first-order chi connectivity index (χ1) is 10.5. The molecule has 0 unspecified atom stereocenters. The highest BCUT2D eigenvalue weighted by Gasteiger charge is 2.22. The molecular formula is C16H14Cl2O4. The molecule has 0 radical (unpaired) electrons. The Kier molecular flexibility index (Phi) is 5.52. The predicted octanol–water partition coefficient (Wildman–Crippen LogP) is 4.08. The van der Waals surface area contributed by atoms with E-state index in [1.165, 1.54) is 7.11 Å². The fourth-order valence-corrected chi connectivity index (χ4v) is 2.56. The van der Waals surface area contributed by atoms with Crippen LogP contribution in [0.5, 0.6) is 11.5 Å². The number of hydrogen-bond donors (Lipinski definition) is 1. The Bertz CT molecular complexity index is 653. The zero-order chi connectivity index (χ0) is 16.1. The topological polar surface area (TPSA) is 55.8 Å². The van der Waals surface area contributed by atoms with E-state index in [-0.39, 0.29) is 6.42 Å². The highest BCUT2D eigenvalue weighted by Crippen LogP contribution is 2.28. The van der Waals surface area contributed by atoms with E-state index in [0.29, 0.717) is 27.1 Å². The van der Waals surface area contributed by atoms with Gasteiger partial charge >= 0.3 is 5.97 Å². The Hall–Kier alpha value is -1.91. The number of carboxylic acids is 1. The zero-order valence-corrected chi connectivity index (χ0v) is 13.3. The van der Waals surface area contributed by atoms with Crippen molar-refractivity contribution >= 4 is 29.2 Å². The van der Waals surface area contributed by atoms with E-state index in [4.69, 9.17) is 32.7 Å². The molecule has 2 aromatic rings. The molecular weight excluding hydrogens is 327 g/mol. The van der Waals surface area contributed by atoms with Crippen LogP contribution in [-0.4, -0.2) is 24.3 Å². The molecule has 1 atom stereocenters. The van der Waals surface area contributed by atoms with Crippen molar-refractivity contribution in [1.29, 1.82) is 0 Å². The second-order valence-electron chi connectivity index (χ2n) is 4.58. The lowest BCUT2D eigenvalue weighted by Crippen LogP contribution is -2.29. The van der Waals surface area contributed by atoms with Crippen LogP contribution in [0.15, 0.2) is 42.5 Å². The molecule has 22 heavy (non-hydrogen) atoms. The van der Waals surface area contributed by atoms with Crippen molar-refractivity contribution in [3.63, 3.8) is 0 Å². The number of ether oxygens (including phenoxy) is 2. The molecule has 116 valence electrons. The van der Waals surface area contributed by atoms with Crippen LogP contribution in [0.25, 0.3) is 0 Å². The van der Waals surface area contributed by atoms with E-state index in [0.717, 1.165) is 0 Å². The van der Waals surface area contributed by atoms with Gasteiger partial charge in [0.2, 0.25) is 0 Å². The van der Waals surface area contributed by atoms with Gasteiger partial charge in [-0.3, -0.25) is 0 Å². The summed E-state index contributed by atoms with van der Waals surface area (Å²) in [7, 11) is 1.49. The molecule has 0 aliphatic heterocycles. The summed E-state index contributed by atoms with van der Waals surface area (Å²) < 4.78 is 10.7. The number of benzene rings is 2. The van der Waals surface area contributed by atoms with Gasteiger partial charge in [0.1, 0.15) is 0 Å². The van der Waals surface area contributed by atoms with Crippen molar-refractivity contribution in [3.05, 3.63) is 58.1 Å². The third-order valence-electron chi connectivity index (χ3n) is 2.96. The van der Waals surface area contributed by atoms with Gasteiger partial charge in [-0.2, -0.15) is 0 Å². The van der Waals surface area contributed by atoms with Gasteiger partial charge in [0.05, 0.1) is 7.11 Å². The maximum atomic E-state index is 11.4. The molecule has 4 nitrogen and oxygen atoms in total. The minimum Gasteiger partial charge on any atom is -0.493 e. The highest BCUT2D eigenvalue weighted by atomic mass is 35.5. The SMILES string of the molecule is COc1ccccc1O[C@H](Cc1cc(Cl)cc(Cl)c1)C(=O)O. The third kappa shape index (κ3) is 4.29. The number of methoxy groups -OCH3 is 1. The lowest BCUT2D eigenvalue weighted by molar-refractivity contribution is -0.145. The Morgan fingerprint density at radius 3 is 2.27 bits per heavy atom. The first kappa shape index (κ1) is 16.5. The molecule has 0 spiro atoms. The average molecular weight is 341 g/mol. The first-order valence-electron chi connectivity index (χ1n) is 6.47. The molecule has 0 aliphatic rings. The minimum atomic E-state index is -1.08. The van der Waals surface area contributed by atoms with Crippen molar-refractivity contribution in [1.82, 2.24) is 0 Å². The molecule has 0 aliphatic carbocycles. The number of halogens is 2. The van der Waals surface area contributed by atoms with Crippen LogP contribution in [0.2, 0.25) is 10.0 Å². The number of para-hydroxylation sites is 2. The molecule has 0 heterocycles. The van der Waals surface area contributed by atoms with Gasteiger partial charge in [0, 0.05) is 16.5 Å². The Balaban J connectivity index is 2.21. The van der Waals surface area contributed by atoms with Gasteiger partial charge in [-0.25, -0.2) is 4.79 Å². The van der Waals surface area contributed by atoms with Gasteiger partial charge in [-0.15, -0.1) is 0 Å². The van der Waals surface area contributed by atoms with E-state index in [1.54, 1.807) is 42.5 Å². The van der Waals surface area contributed by atoms with Crippen molar-refractivity contribution in [2.24, 2.45) is 0 Å². The van der Waals surface area contributed by atoms with Crippen LogP contribution >= 0.6 is 23.2 Å². The maximum Gasteiger partial charge on any atom is 0.345 e. The molecule has 0 aromatic heterocycles. The lowest BCUT2D eigenvalue weighted by atomic mass is 10.1. The van der Waals surface area contributed by atoms with Crippen molar-refractivity contribution in [2.75, 3.05) is 7.11 Å². The van der Waals surface area contributed by atoms with Crippen molar-refractivity contribution in [2.45, 2.75) is 12.5 Å². The van der Waals surface area contributed by atoms with Crippen LogP contribution in [0, 0.1) is 0 Å². The largest absolute Gasteiger partial charge is 0.493 e. The fraction of sp³-hybridized carbons (Fsp3) is 0.188. The van der Waals surface area contributed by atoms with Crippen LogP contribution < -0.4 is 9.47 Å². The van der Waals surface area contributed by atoms with E-state index in [9.17, 15) is 9.90 Å². The summed E-state index contributed by atoms with van der Waals surface area (Å²) in [6.07, 6.45) is -0.945. The summed E-state index contributed by atoms with van der Waals surface area (Å²) in [4.78, 5) is 11.4. The lowest BCUT2D eigenvalue weighted by Gasteiger charge is -2.17. The van der Waals surface area contributed by atoms with Gasteiger partial charge in [-0.05, 0) is 35.9 Å². The Morgan fingerprint density at radius 1 is 1.14 bits per heavy atom. The van der Waals surface area contributed by atoms with E-state index in [2.05, 4.69) is 0 Å².